The summed E-state index contributed by atoms with van der Waals surface area (Å²) in [5.41, 5.74) is 0. The first kappa shape index (κ1) is 7.46. The minimum absolute atomic E-state index is 0.601. The van der Waals surface area contributed by atoms with E-state index in [-0.39, 0.29) is 0 Å². The van der Waals surface area contributed by atoms with Crippen molar-refractivity contribution in [2.75, 3.05) is 0 Å². The van der Waals surface area contributed by atoms with Crippen molar-refractivity contribution in [3.63, 3.8) is 0 Å². The highest BCUT2D eigenvalue weighted by Gasteiger charge is 2.36. The van der Waals surface area contributed by atoms with Crippen molar-refractivity contribution in [2.24, 2.45) is 17.8 Å². The maximum atomic E-state index is 4.44. The van der Waals surface area contributed by atoms with Gasteiger partial charge in [0.05, 0.1) is 0 Å². The fourth-order valence-electron chi connectivity index (χ4n) is 2.22. The monoisotopic (exact) mass is 144 g/mol. The van der Waals surface area contributed by atoms with Gasteiger partial charge in [-0.1, -0.05) is 20.8 Å². The molecule has 0 saturated heterocycles. The van der Waals surface area contributed by atoms with E-state index < -0.39 is 0 Å². The highest BCUT2D eigenvalue weighted by molar-refractivity contribution is 7.80. The summed E-state index contributed by atoms with van der Waals surface area (Å²) in [7, 11) is 0. The van der Waals surface area contributed by atoms with Gasteiger partial charge in [0.25, 0.3) is 0 Å². The van der Waals surface area contributed by atoms with Crippen LogP contribution in [0, 0.1) is 17.8 Å². The molecule has 0 nitrogen and oxygen atoms in total. The molecule has 1 rings (SSSR count). The van der Waals surface area contributed by atoms with E-state index in [1.54, 1.807) is 0 Å². The molecular weight excluding hydrogens is 128 g/mol. The molecule has 0 aromatic heterocycles. The molecule has 1 aliphatic carbocycles. The van der Waals surface area contributed by atoms with E-state index in [4.69, 9.17) is 0 Å². The largest absolute Gasteiger partial charge is 0.176 e. The molecule has 0 bridgehead atoms. The Labute approximate surface area is 63.4 Å². The predicted octanol–water partition coefficient (Wildman–Crippen LogP) is 2.60. The van der Waals surface area contributed by atoms with Gasteiger partial charge in [0.1, 0.15) is 0 Å². The van der Waals surface area contributed by atoms with Crippen LogP contribution in [-0.2, 0) is 0 Å². The maximum absolute atomic E-state index is 4.44. The van der Waals surface area contributed by atoms with E-state index in [9.17, 15) is 0 Å². The first-order chi connectivity index (χ1) is 4.13. The highest BCUT2D eigenvalue weighted by Crippen LogP contribution is 2.43. The maximum Gasteiger partial charge on any atom is 0.00218 e. The predicted molar refractivity (Wildman–Crippen MR) is 44.9 cm³/mol. The van der Waals surface area contributed by atoms with Gasteiger partial charge in [-0.25, -0.2) is 0 Å². The molecule has 0 aliphatic heterocycles. The van der Waals surface area contributed by atoms with Gasteiger partial charge < -0.3 is 0 Å². The summed E-state index contributed by atoms with van der Waals surface area (Å²) in [4.78, 5) is 0. The molecule has 0 radical (unpaired) electrons. The Hall–Kier alpha value is 0.350. The SMILES string of the molecule is CC(S)C1C(C)CC1C. The zero-order chi connectivity index (χ0) is 7.02. The summed E-state index contributed by atoms with van der Waals surface area (Å²) in [6, 6.07) is 0. The van der Waals surface area contributed by atoms with E-state index in [1.165, 1.54) is 6.42 Å². The summed E-state index contributed by atoms with van der Waals surface area (Å²) in [6.07, 6.45) is 1.41. The van der Waals surface area contributed by atoms with Gasteiger partial charge in [-0.3, -0.25) is 0 Å². The van der Waals surface area contributed by atoms with Crippen LogP contribution >= 0.6 is 12.6 Å². The van der Waals surface area contributed by atoms with Crippen LogP contribution in [0.2, 0.25) is 0 Å². The second-order valence-corrected chi connectivity index (χ2v) is 4.32. The topological polar surface area (TPSA) is 0 Å². The molecule has 3 unspecified atom stereocenters. The Balaban J connectivity index is 2.39. The van der Waals surface area contributed by atoms with E-state index >= 15 is 0 Å². The van der Waals surface area contributed by atoms with Gasteiger partial charge in [0.2, 0.25) is 0 Å². The zero-order valence-corrected chi connectivity index (χ0v) is 7.36. The molecule has 54 valence electrons. The van der Waals surface area contributed by atoms with Crippen LogP contribution in [0.1, 0.15) is 27.2 Å². The highest BCUT2D eigenvalue weighted by atomic mass is 32.1. The lowest BCUT2D eigenvalue weighted by Crippen LogP contribution is -2.38. The van der Waals surface area contributed by atoms with Gasteiger partial charge in [-0.2, -0.15) is 12.6 Å². The minimum atomic E-state index is 0.601. The number of thiol groups is 1. The Morgan fingerprint density at radius 2 is 1.78 bits per heavy atom. The first-order valence-corrected chi connectivity index (χ1v) is 4.32. The number of hydrogen-bond acceptors (Lipinski definition) is 1. The molecule has 1 heteroatoms. The molecule has 0 spiro atoms. The van der Waals surface area contributed by atoms with Gasteiger partial charge >= 0.3 is 0 Å². The molecule has 3 atom stereocenters. The lowest BCUT2D eigenvalue weighted by atomic mass is 9.65. The number of rotatable bonds is 1. The molecule has 1 aliphatic rings. The fraction of sp³-hybridized carbons (Fsp3) is 1.00. The second kappa shape index (κ2) is 2.53. The van der Waals surface area contributed by atoms with Crippen LogP contribution in [0.25, 0.3) is 0 Å². The van der Waals surface area contributed by atoms with Gasteiger partial charge in [0.15, 0.2) is 0 Å². The van der Waals surface area contributed by atoms with Crippen molar-refractivity contribution >= 4 is 12.6 Å². The van der Waals surface area contributed by atoms with E-state index in [0.717, 1.165) is 17.8 Å². The molecule has 0 amide bonds. The lowest BCUT2D eigenvalue weighted by Gasteiger charge is -2.43. The summed E-state index contributed by atoms with van der Waals surface area (Å²) < 4.78 is 0. The third-order valence-electron chi connectivity index (χ3n) is 2.61. The Bertz CT molecular complexity index is 84.0. The average molecular weight is 144 g/mol. The van der Waals surface area contributed by atoms with Crippen LogP contribution in [0.15, 0.2) is 0 Å². The van der Waals surface area contributed by atoms with Crippen LogP contribution in [0.4, 0.5) is 0 Å². The number of hydrogen-bond donors (Lipinski definition) is 1. The summed E-state index contributed by atoms with van der Waals surface area (Å²) in [5, 5.41) is 0.601. The van der Waals surface area contributed by atoms with Crippen LogP contribution in [-0.4, -0.2) is 5.25 Å². The van der Waals surface area contributed by atoms with Gasteiger partial charge in [-0.05, 0) is 24.2 Å². The summed E-state index contributed by atoms with van der Waals surface area (Å²) in [5.74, 6) is 2.73. The van der Waals surface area contributed by atoms with Crippen LogP contribution < -0.4 is 0 Å². The van der Waals surface area contributed by atoms with Crippen molar-refractivity contribution < 1.29 is 0 Å². The van der Waals surface area contributed by atoms with Crippen molar-refractivity contribution in [3.05, 3.63) is 0 Å². The van der Waals surface area contributed by atoms with E-state index in [1.807, 2.05) is 0 Å². The van der Waals surface area contributed by atoms with Crippen molar-refractivity contribution in [2.45, 2.75) is 32.4 Å². The molecule has 0 aromatic rings. The molecule has 0 N–H and O–H groups in total. The molecule has 0 aromatic carbocycles. The molecule has 9 heavy (non-hydrogen) atoms. The average Bonchev–Trinajstić information content (AvgIpc) is 1.62. The second-order valence-electron chi connectivity index (χ2n) is 3.51. The fourth-order valence-corrected chi connectivity index (χ4v) is 2.80. The zero-order valence-electron chi connectivity index (χ0n) is 6.46. The van der Waals surface area contributed by atoms with Crippen molar-refractivity contribution in [3.8, 4) is 0 Å². The van der Waals surface area contributed by atoms with Crippen LogP contribution in [0.3, 0.4) is 0 Å². The molecule has 1 fully saturated rings. The standard InChI is InChI=1S/C8H16S/c1-5-4-6(2)8(5)7(3)9/h5-9H,4H2,1-3H3. The van der Waals surface area contributed by atoms with Crippen molar-refractivity contribution in [1.82, 2.24) is 0 Å². The first-order valence-electron chi connectivity index (χ1n) is 3.81. The van der Waals surface area contributed by atoms with E-state index in [2.05, 4.69) is 33.4 Å². The lowest BCUT2D eigenvalue weighted by molar-refractivity contribution is 0.104. The summed E-state index contributed by atoms with van der Waals surface area (Å²) in [6.45, 7) is 6.87. The third-order valence-corrected chi connectivity index (χ3v) is 2.96. The third kappa shape index (κ3) is 1.26. The molecule has 0 heterocycles. The van der Waals surface area contributed by atoms with Crippen LogP contribution in [0.5, 0.6) is 0 Å². The Morgan fingerprint density at radius 1 is 1.33 bits per heavy atom. The normalized spacial score (nSPS) is 46.0. The van der Waals surface area contributed by atoms with Gasteiger partial charge in [0, 0.05) is 5.25 Å². The van der Waals surface area contributed by atoms with E-state index in [0.29, 0.717) is 5.25 Å². The minimum Gasteiger partial charge on any atom is -0.176 e. The smallest absolute Gasteiger partial charge is 0.00218 e. The van der Waals surface area contributed by atoms with Gasteiger partial charge in [-0.15, -0.1) is 0 Å². The summed E-state index contributed by atoms with van der Waals surface area (Å²) >= 11 is 4.44. The van der Waals surface area contributed by atoms with Crippen molar-refractivity contribution in [1.29, 1.82) is 0 Å². The molecule has 1 saturated carbocycles. The Morgan fingerprint density at radius 3 is 1.89 bits per heavy atom. The quantitative estimate of drug-likeness (QED) is 0.537. The molecular formula is C8H16S. The Kier molecular flexibility index (Phi) is 2.10.